The van der Waals surface area contributed by atoms with Crippen LogP contribution in [0.15, 0.2) is 30.5 Å². The third-order valence-corrected chi connectivity index (χ3v) is 3.78. The number of nitrogens with one attached hydrogen (secondary N) is 1. The second-order valence-electron chi connectivity index (χ2n) is 6.00. The SMILES string of the molecule is CCCN(CCC)c1nccc(C(=O)Nc2ccc(C)cc2C)n1. The highest BCUT2D eigenvalue weighted by Crippen LogP contribution is 2.17. The minimum atomic E-state index is -0.210. The first kappa shape index (κ1) is 17.9. The molecule has 0 bridgehead atoms. The lowest BCUT2D eigenvalue weighted by molar-refractivity contribution is 0.102. The molecule has 0 atom stereocenters. The quantitative estimate of drug-likeness (QED) is 0.836. The van der Waals surface area contributed by atoms with Crippen LogP contribution in [-0.2, 0) is 0 Å². The summed E-state index contributed by atoms with van der Waals surface area (Å²) < 4.78 is 0. The van der Waals surface area contributed by atoms with Crippen molar-refractivity contribution in [2.45, 2.75) is 40.5 Å². The van der Waals surface area contributed by atoms with Crippen molar-refractivity contribution >= 4 is 17.5 Å². The van der Waals surface area contributed by atoms with E-state index < -0.39 is 0 Å². The van der Waals surface area contributed by atoms with Crippen LogP contribution in [0.3, 0.4) is 0 Å². The molecule has 2 rings (SSSR count). The summed E-state index contributed by atoms with van der Waals surface area (Å²) >= 11 is 0. The highest BCUT2D eigenvalue weighted by molar-refractivity contribution is 6.03. The molecular weight excluding hydrogens is 300 g/mol. The first-order chi connectivity index (χ1) is 11.5. The largest absolute Gasteiger partial charge is 0.341 e. The lowest BCUT2D eigenvalue weighted by atomic mass is 10.1. The molecule has 0 aliphatic rings. The van der Waals surface area contributed by atoms with Gasteiger partial charge in [0.25, 0.3) is 5.91 Å². The Morgan fingerprint density at radius 1 is 1.12 bits per heavy atom. The molecule has 5 heteroatoms. The number of benzene rings is 1. The summed E-state index contributed by atoms with van der Waals surface area (Å²) in [6.45, 7) is 10.0. The average molecular weight is 326 g/mol. The fourth-order valence-electron chi connectivity index (χ4n) is 2.62. The van der Waals surface area contributed by atoms with Gasteiger partial charge in [0.1, 0.15) is 5.69 Å². The highest BCUT2D eigenvalue weighted by atomic mass is 16.1. The zero-order valence-electron chi connectivity index (χ0n) is 15.0. The minimum absolute atomic E-state index is 0.210. The van der Waals surface area contributed by atoms with Crippen molar-refractivity contribution in [3.63, 3.8) is 0 Å². The van der Waals surface area contributed by atoms with E-state index in [9.17, 15) is 4.79 Å². The second kappa shape index (κ2) is 8.43. The molecule has 0 aliphatic carbocycles. The van der Waals surface area contributed by atoms with Crippen LogP contribution < -0.4 is 10.2 Å². The maximum Gasteiger partial charge on any atom is 0.274 e. The molecule has 2 aromatic rings. The monoisotopic (exact) mass is 326 g/mol. The van der Waals surface area contributed by atoms with Crippen molar-refractivity contribution in [1.82, 2.24) is 9.97 Å². The van der Waals surface area contributed by atoms with Crippen LogP contribution in [0.5, 0.6) is 0 Å². The summed E-state index contributed by atoms with van der Waals surface area (Å²) in [6.07, 6.45) is 3.68. The van der Waals surface area contributed by atoms with Gasteiger partial charge in [0.05, 0.1) is 0 Å². The Labute approximate surface area is 144 Å². The third kappa shape index (κ3) is 4.54. The van der Waals surface area contributed by atoms with E-state index in [1.54, 1.807) is 12.3 Å². The van der Waals surface area contributed by atoms with E-state index in [0.29, 0.717) is 11.6 Å². The van der Waals surface area contributed by atoms with E-state index in [4.69, 9.17) is 0 Å². The molecule has 1 aromatic carbocycles. The fraction of sp³-hybridized carbons (Fsp3) is 0.421. The van der Waals surface area contributed by atoms with Crippen LogP contribution >= 0.6 is 0 Å². The van der Waals surface area contributed by atoms with Crippen LogP contribution in [-0.4, -0.2) is 29.0 Å². The molecule has 1 heterocycles. The standard InChI is InChI=1S/C19H26N4O/c1-5-11-23(12-6-2)19-20-10-9-17(22-19)18(24)21-16-8-7-14(3)13-15(16)4/h7-10,13H,5-6,11-12H2,1-4H3,(H,21,24). The molecule has 1 aromatic heterocycles. The van der Waals surface area contributed by atoms with Gasteiger partial charge < -0.3 is 10.2 Å². The molecule has 0 aliphatic heterocycles. The fourth-order valence-corrected chi connectivity index (χ4v) is 2.62. The normalized spacial score (nSPS) is 10.5. The minimum Gasteiger partial charge on any atom is -0.341 e. The summed E-state index contributed by atoms with van der Waals surface area (Å²) in [5, 5.41) is 2.94. The van der Waals surface area contributed by atoms with E-state index in [2.05, 4.69) is 34.0 Å². The summed E-state index contributed by atoms with van der Waals surface area (Å²) in [6, 6.07) is 7.60. The molecule has 5 nitrogen and oxygen atoms in total. The van der Waals surface area contributed by atoms with Crippen LogP contribution in [0.25, 0.3) is 0 Å². The highest BCUT2D eigenvalue weighted by Gasteiger charge is 2.13. The number of hydrogen-bond donors (Lipinski definition) is 1. The Kier molecular flexibility index (Phi) is 6.29. The number of aromatic nitrogens is 2. The van der Waals surface area contributed by atoms with Crippen molar-refractivity contribution in [2.24, 2.45) is 0 Å². The van der Waals surface area contributed by atoms with Crippen LogP contribution in [0.1, 0.15) is 48.3 Å². The first-order valence-corrected chi connectivity index (χ1v) is 8.51. The molecule has 0 unspecified atom stereocenters. The lowest BCUT2D eigenvalue weighted by Crippen LogP contribution is -2.28. The maximum absolute atomic E-state index is 12.5. The smallest absolute Gasteiger partial charge is 0.274 e. The molecule has 0 spiro atoms. The Morgan fingerprint density at radius 2 is 1.83 bits per heavy atom. The van der Waals surface area contributed by atoms with Gasteiger partial charge in [-0.05, 0) is 44.4 Å². The third-order valence-electron chi connectivity index (χ3n) is 3.78. The maximum atomic E-state index is 12.5. The van der Waals surface area contributed by atoms with Crippen molar-refractivity contribution in [3.05, 3.63) is 47.3 Å². The molecule has 0 fully saturated rings. The van der Waals surface area contributed by atoms with E-state index in [1.807, 2.05) is 32.0 Å². The molecule has 24 heavy (non-hydrogen) atoms. The van der Waals surface area contributed by atoms with Crippen molar-refractivity contribution in [1.29, 1.82) is 0 Å². The molecule has 0 radical (unpaired) electrons. The molecule has 128 valence electrons. The van der Waals surface area contributed by atoms with Gasteiger partial charge in [0.2, 0.25) is 5.95 Å². The zero-order chi connectivity index (χ0) is 17.5. The number of carbonyl (C=O) groups is 1. The van der Waals surface area contributed by atoms with Gasteiger partial charge in [-0.3, -0.25) is 4.79 Å². The molecule has 1 amide bonds. The number of hydrogen-bond acceptors (Lipinski definition) is 4. The Bertz CT molecular complexity index is 694. The van der Waals surface area contributed by atoms with E-state index >= 15 is 0 Å². The summed E-state index contributed by atoms with van der Waals surface area (Å²) in [5.74, 6) is 0.408. The molecular formula is C19H26N4O. The molecule has 0 saturated heterocycles. The van der Waals surface area contributed by atoms with E-state index in [0.717, 1.165) is 37.2 Å². The first-order valence-electron chi connectivity index (χ1n) is 8.51. The molecule has 0 saturated carbocycles. The second-order valence-corrected chi connectivity index (χ2v) is 6.00. The van der Waals surface area contributed by atoms with Gasteiger partial charge in [0, 0.05) is 25.0 Å². The Hall–Kier alpha value is -2.43. The van der Waals surface area contributed by atoms with Crippen LogP contribution in [0, 0.1) is 13.8 Å². The predicted octanol–water partition coefficient (Wildman–Crippen LogP) is 3.97. The van der Waals surface area contributed by atoms with Crippen LogP contribution in [0.4, 0.5) is 11.6 Å². The van der Waals surface area contributed by atoms with Gasteiger partial charge in [-0.2, -0.15) is 0 Å². The number of aryl methyl sites for hydroxylation is 2. The van der Waals surface area contributed by atoms with E-state index in [-0.39, 0.29) is 5.91 Å². The van der Waals surface area contributed by atoms with E-state index in [1.165, 1.54) is 5.56 Å². The topological polar surface area (TPSA) is 58.1 Å². The summed E-state index contributed by atoms with van der Waals surface area (Å²) in [5.41, 5.74) is 3.41. The van der Waals surface area contributed by atoms with Crippen molar-refractivity contribution in [2.75, 3.05) is 23.3 Å². The van der Waals surface area contributed by atoms with Crippen molar-refractivity contribution < 1.29 is 4.79 Å². The molecule has 1 N–H and O–H groups in total. The number of anilines is 2. The zero-order valence-corrected chi connectivity index (χ0v) is 15.0. The van der Waals surface area contributed by atoms with Crippen LogP contribution in [0.2, 0.25) is 0 Å². The predicted molar refractivity (Wildman–Crippen MR) is 98.7 cm³/mol. The number of amides is 1. The summed E-state index contributed by atoms with van der Waals surface area (Å²) in [4.78, 5) is 23.4. The van der Waals surface area contributed by atoms with Gasteiger partial charge in [-0.25, -0.2) is 9.97 Å². The Balaban J connectivity index is 2.19. The van der Waals surface area contributed by atoms with Gasteiger partial charge >= 0.3 is 0 Å². The Morgan fingerprint density at radius 3 is 2.46 bits per heavy atom. The van der Waals surface area contributed by atoms with Gasteiger partial charge in [-0.1, -0.05) is 31.5 Å². The number of rotatable bonds is 7. The number of carbonyl (C=O) groups excluding carboxylic acids is 1. The van der Waals surface area contributed by atoms with Gasteiger partial charge in [-0.15, -0.1) is 0 Å². The van der Waals surface area contributed by atoms with Gasteiger partial charge in [0.15, 0.2) is 0 Å². The van der Waals surface area contributed by atoms with Crippen molar-refractivity contribution in [3.8, 4) is 0 Å². The number of nitrogens with zero attached hydrogens (tertiary/aromatic N) is 3. The summed E-state index contributed by atoms with van der Waals surface area (Å²) in [7, 11) is 0. The lowest BCUT2D eigenvalue weighted by Gasteiger charge is -2.21. The average Bonchev–Trinajstić information content (AvgIpc) is 2.57.